The van der Waals surface area contributed by atoms with Crippen LogP contribution in [0, 0.1) is 0 Å². The molecule has 2 N–H and O–H groups in total. The minimum Gasteiger partial charge on any atom is -0.504 e. The summed E-state index contributed by atoms with van der Waals surface area (Å²) in [6.07, 6.45) is 2.84. The molecule has 1 aliphatic carbocycles. The highest BCUT2D eigenvalue weighted by Gasteiger charge is 2.34. The number of carbonyl (C=O) groups excluding carboxylic acids is 2. The molecule has 0 radical (unpaired) electrons. The van der Waals surface area contributed by atoms with Gasteiger partial charge >= 0.3 is 0 Å². The molecule has 1 aromatic rings. The van der Waals surface area contributed by atoms with E-state index in [1.807, 2.05) is 18.2 Å². The van der Waals surface area contributed by atoms with Gasteiger partial charge in [-0.2, -0.15) is 0 Å². The number of aliphatic hydroxyl groups is 2. The smallest absolute Gasteiger partial charge is 0.266 e. The lowest BCUT2D eigenvalue weighted by molar-refractivity contribution is -0.122. The third-order valence-corrected chi connectivity index (χ3v) is 2.80. The minimum atomic E-state index is -0.919. The van der Waals surface area contributed by atoms with E-state index in [0.717, 1.165) is 12.7 Å². The van der Waals surface area contributed by atoms with E-state index < -0.39 is 28.8 Å². The van der Waals surface area contributed by atoms with Gasteiger partial charge in [-0.3, -0.25) is 9.59 Å². The maximum Gasteiger partial charge on any atom is 0.266 e. The summed E-state index contributed by atoms with van der Waals surface area (Å²) < 4.78 is 4.61. The molecule has 1 aromatic carbocycles. The van der Waals surface area contributed by atoms with Crippen LogP contribution in [0.1, 0.15) is 5.56 Å². The van der Waals surface area contributed by atoms with Crippen molar-refractivity contribution in [1.82, 2.24) is 0 Å². The van der Waals surface area contributed by atoms with Gasteiger partial charge in [0.1, 0.15) is 0 Å². The second-order valence-corrected chi connectivity index (χ2v) is 4.05. The molecule has 0 aromatic heterocycles. The Morgan fingerprint density at radius 3 is 2.20 bits per heavy atom. The molecule has 20 heavy (non-hydrogen) atoms. The summed E-state index contributed by atoms with van der Waals surface area (Å²) in [5, 5.41) is 19.3. The van der Waals surface area contributed by atoms with Crippen LogP contribution in [0.3, 0.4) is 0 Å². The van der Waals surface area contributed by atoms with E-state index in [9.17, 15) is 19.8 Å². The largest absolute Gasteiger partial charge is 0.504 e. The molecule has 5 heteroatoms. The first-order valence-corrected chi connectivity index (χ1v) is 5.79. The van der Waals surface area contributed by atoms with Gasteiger partial charge in [0.2, 0.25) is 17.3 Å². The Labute approximate surface area is 115 Å². The number of benzene rings is 1. The summed E-state index contributed by atoms with van der Waals surface area (Å²) in [7, 11) is 1.13. The van der Waals surface area contributed by atoms with E-state index in [1.165, 1.54) is 6.08 Å². The Morgan fingerprint density at radius 2 is 1.60 bits per heavy atom. The van der Waals surface area contributed by atoms with Crippen molar-refractivity contribution < 1.29 is 24.5 Å². The molecule has 0 fully saturated rings. The summed E-state index contributed by atoms with van der Waals surface area (Å²) in [5.41, 5.74) is 0.520. The number of aliphatic hydroxyl groups excluding tert-OH is 2. The lowest BCUT2D eigenvalue weighted by atomic mass is 9.97. The zero-order valence-corrected chi connectivity index (χ0v) is 10.7. The summed E-state index contributed by atoms with van der Waals surface area (Å²) >= 11 is 0. The number of ether oxygens (including phenoxy) is 1. The van der Waals surface area contributed by atoms with Crippen LogP contribution in [0.5, 0.6) is 0 Å². The lowest BCUT2D eigenvalue weighted by Gasteiger charge is -2.14. The van der Waals surface area contributed by atoms with Crippen molar-refractivity contribution in [2.75, 3.05) is 7.11 Å². The first-order chi connectivity index (χ1) is 9.56. The molecule has 0 heterocycles. The molecule has 0 unspecified atom stereocenters. The van der Waals surface area contributed by atoms with Gasteiger partial charge in [-0.15, -0.1) is 0 Å². The second kappa shape index (κ2) is 5.44. The van der Waals surface area contributed by atoms with Crippen molar-refractivity contribution in [1.29, 1.82) is 0 Å². The van der Waals surface area contributed by atoms with Gasteiger partial charge in [-0.1, -0.05) is 36.4 Å². The SMILES string of the molecule is COC1=C(O)C(=O)C(C=Cc2ccccc2)=C(O)C1=O. The molecule has 2 rings (SSSR count). The quantitative estimate of drug-likeness (QED) is 0.823. The molecule has 5 nitrogen and oxygen atoms in total. The van der Waals surface area contributed by atoms with Gasteiger partial charge in [0.05, 0.1) is 12.7 Å². The summed E-state index contributed by atoms with van der Waals surface area (Å²) in [4.78, 5) is 23.6. The van der Waals surface area contributed by atoms with Crippen molar-refractivity contribution in [3.63, 3.8) is 0 Å². The Hall–Kier alpha value is -2.82. The highest BCUT2D eigenvalue weighted by Crippen LogP contribution is 2.23. The van der Waals surface area contributed by atoms with Crippen LogP contribution in [-0.2, 0) is 14.3 Å². The topological polar surface area (TPSA) is 83.8 Å². The molecule has 102 valence electrons. The van der Waals surface area contributed by atoms with E-state index in [0.29, 0.717) is 0 Å². The predicted octanol–water partition coefficient (Wildman–Crippen LogP) is 2.08. The fourth-order valence-corrected chi connectivity index (χ4v) is 1.76. The van der Waals surface area contributed by atoms with Crippen LogP contribution < -0.4 is 0 Å². The van der Waals surface area contributed by atoms with E-state index >= 15 is 0 Å². The van der Waals surface area contributed by atoms with Crippen LogP contribution in [0.2, 0.25) is 0 Å². The van der Waals surface area contributed by atoms with Gasteiger partial charge in [0.15, 0.2) is 5.76 Å². The maximum atomic E-state index is 11.9. The van der Waals surface area contributed by atoms with Crippen LogP contribution >= 0.6 is 0 Å². The number of Topliss-reactive ketones (excluding diaryl/α,β-unsaturated/α-hetero) is 2. The lowest BCUT2D eigenvalue weighted by Crippen LogP contribution is -2.24. The van der Waals surface area contributed by atoms with Gasteiger partial charge in [-0.25, -0.2) is 0 Å². The first-order valence-electron chi connectivity index (χ1n) is 5.79. The van der Waals surface area contributed by atoms with E-state index in [1.54, 1.807) is 18.2 Å². The molecule has 0 spiro atoms. The van der Waals surface area contributed by atoms with Crippen LogP contribution in [0.4, 0.5) is 0 Å². The Kier molecular flexibility index (Phi) is 3.70. The average molecular weight is 272 g/mol. The van der Waals surface area contributed by atoms with Crippen molar-refractivity contribution in [2.24, 2.45) is 0 Å². The Balaban J connectivity index is 2.38. The van der Waals surface area contributed by atoms with Gasteiger partial charge in [0, 0.05) is 0 Å². The predicted molar refractivity (Wildman–Crippen MR) is 71.8 cm³/mol. The monoisotopic (exact) mass is 272 g/mol. The van der Waals surface area contributed by atoms with Gasteiger partial charge < -0.3 is 14.9 Å². The van der Waals surface area contributed by atoms with Crippen LogP contribution in [-0.4, -0.2) is 28.9 Å². The molecule has 1 aliphatic rings. The van der Waals surface area contributed by atoms with Crippen LogP contribution in [0.25, 0.3) is 6.08 Å². The summed E-state index contributed by atoms with van der Waals surface area (Å²) in [5.74, 6) is -3.87. The standard InChI is InChI=1S/C15H12O5/c1-20-15-13(18)11(16)10(12(17)14(15)19)8-7-9-5-3-2-4-6-9/h2-8,16,19H,1H3. The van der Waals surface area contributed by atoms with E-state index in [-0.39, 0.29) is 5.57 Å². The van der Waals surface area contributed by atoms with E-state index in [4.69, 9.17) is 0 Å². The molecule has 0 atom stereocenters. The normalized spacial score (nSPS) is 16.2. The molecule has 0 aliphatic heterocycles. The minimum absolute atomic E-state index is 0.267. The zero-order valence-electron chi connectivity index (χ0n) is 10.7. The molecular formula is C15H12O5. The maximum absolute atomic E-state index is 11.9. The third kappa shape index (κ3) is 2.33. The number of hydrogen-bond acceptors (Lipinski definition) is 5. The van der Waals surface area contributed by atoms with Crippen molar-refractivity contribution in [3.05, 3.63) is 64.8 Å². The molecule has 0 bridgehead atoms. The summed E-state index contributed by atoms with van der Waals surface area (Å²) in [6, 6.07) is 9.03. The van der Waals surface area contributed by atoms with Crippen molar-refractivity contribution in [3.8, 4) is 0 Å². The van der Waals surface area contributed by atoms with Gasteiger partial charge in [0.25, 0.3) is 5.78 Å². The number of rotatable bonds is 3. The third-order valence-electron chi connectivity index (χ3n) is 2.80. The molecule has 0 saturated heterocycles. The summed E-state index contributed by atoms with van der Waals surface area (Å²) in [6.45, 7) is 0. The number of allylic oxidation sites excluding steroid dienone is 2. The second-order valence-electron chi connectivity index (χ2n) is 4.05. The Morgan fingerprint density at radius 1 is 0.950 bits per heavy atom. The fraction of sp³-hybridized carbons (Fsp3) is 0.0667. The highest BCUT2D eigenvalue weighted by atomic mass is 16.5. The molecular weight excluding hydrogens is 260 g/mol. The number of ketones is 2. The first kappa shape index (κ1) is 13.6. The van der Waals surface area contributed by atoms with Gasteiger partial charge in [-0.05, 0) is 11.6 Å². The van der Waals surface area contributed by atoms with Crippen LogP contribution in [0.15, 0.2) is 59.3 Å². The fourth-order valence-electron chi connectivity index (χ4n) is 1.76. The van der Waals surface area contributed by atoms with Crippen molar-refractivity contribution >= 4 is 17.6 Å². The highest BCUT2D eigenvalue weighted by molar-refractivity contribution is 6.23. The molecule has 0 saturated carbocycles. The Bertz CT molecular complexity index is 650. The average Bonchev–Trinajstić information content (AvgIpc) is 2.47. The van der Waals surface area contributed by atoms with Crippen molar-refractivity contribution in [2.45, 2.75) is 0 Å². The number of carbonyl (C=O) groups is 2. The number of methoxy groups -OCH3 is 1. The molecule has 0 amide bonds. The van der Waals surface area contributed by atoms with E-state index in [2.05, 4.69) is 4.74 Å². The zero-order chi connectivity index (χ0) is 14.7. The number of hydrogen-bond donors (Lipinski definition) is 2.